The van der Waals surface area contributed by atoms with E-state index in [4.69, 9.17) is 10.6 Å². The normalized spacial score (nSPS) is 13.2. The number of aldehydes is 1. The highest BCUT2D eigenvalue weighted by atomic mass is 16.7. The fourth-order valence-electron chi connectivity index (χ4n) is 3.60. The number of hydrogen-bond donors (Lipinski definition) is 4. The Morgan fingerprint density at radius 1 is 1.14 bits per heavy atom. The lowest BCUT2D eigenvalue weighted by Gasteiger charge is -2.15. The van der Waals surface area contributed by atoms with Gasteiger partial charge in [-0.15, -0.1) is 5.06 Å². The summed E-state index contributed by atoms with van der Waals surface area (Å²) in [6.07, 6.45) is 1.69. The van der Waals surface area contributed by atoms with E-state index in [-0.39, 0.29) is 48.6 Å². The average Bonchev–Trinajstić information content (AvgIpc) is 3.30. The van der Waals surface area contributed by atoms with Crippen LogP contribution in [0, 0.1) is 6.92 Å². The number of nitrogen functional groups attached to an aromatic ring is 1. The third-order valence-corrected chi connectivity index (χ3v) is 6.10. The number of nitrogens with one attached hydrogen (secondary N) is 3. The molecule has 0 radical (unpaired) electrons. The van der Waals surface area contributed by atoms with E-state index >= 15 is 0 Å². The first-order chi connectivity index (χ1) is 20.5. The first-order valence-corrected chi connectivity index (χ1v) is 13.7. The molecule has 0 spiro atoms. The molecule has 1 aliphatic heterocycles. The maximum absolute atomic E-state index is 12.6. The lowest BCUT2D eigenvalue weighted by Crippen LogP contribution is -2.37. The van der Waals surface area contributed by atoms with Gasteiger partial charge in [-0.2, -0.15) is 4.98 Å². The number of aromatic amines is 1. The van der Waals surface area contributed by atoms with Crippen LogP contribution in [0.2, 0.25) is 0 Å². The molecule has 1 atom stereocenters. The van der Waals surface area contributed by atoms with Crippen LogP contribution in [0.4, 0.5) is 17.5 Å². The van der Waals surface area contributed by atoms with Crippen molar-refractivity contribution >= 4 is 53.6 Å². The number of hydrogen-bond acceptors (Lipinski definition) is 11. The van der Waals surface area contributed by atoms with Crippen molar-refractivity contribution in [3.63, 3.8) is 0 Å². The number of allylic oxidation sites excluding steroid dienone is 1. The Labute approximate surface area is 248 Å². The highest BCUT2D eigenvalue weighted by Gasteiger charge is 2.32. The van der Waals surface area contributed by atoms with Crippen molar-refractivity contribution in [1.29, 1.82) is 0 Å². The molecule has 1 unspecified atom stereocenters. The molecule has 5 N–H and O–H groups in total. The van der Waals surface area contributed by atoms with Gasteiger partial charge in [-0.25, -0.2) is 9.79 Å². The zero-order valence-electron chi connectivity index (χ0n) is 24.9. The summed E-state index contributed by atoms with van der Waals surface area (Å²) in [5.74, 6) is -2.39. The fourth-order valence-corrected chi connectivity index (χ4v) is 3.60. The Kier molecular flexibility index (Phi) is 12.9. The SMILES string of the molecule is CC.CC(C)=C(/C=N\c1nc(N)[nH]c(=O)c1C)CNc1ccc(C(=O)NC(C=O)CCC(=O)ON2C(=O)CCC2=O)cc1. The van der Waals surface area contributed by atoms with E-state index in [1.54, 1.807) is 37.4 Å². The molecule has 1 aliphatic rings. The maximum Gasteiger partial charge on any atom is 0.333 e. The van der Waals surface area contributed by atoms with Gasteiger partial charge in [0.1, 0.15) is 6.29 Å². The first-order valence-electron chi connectivity index (χ1n) is 13.7. The number of H-pyrrole nitrogens is 1. The molecular weight excluding hydrogens is 558 g/mol. The van der Waals surface area contributed by atoms with Gasteiger partial charge in [-0.05, 0) is 57.0 Å². The van der Waals surface area contributed by atoms with Crippen molar-refractivity contribution in [2.45, 2.75) is 66.3 Å². The van der Waals surface area contributed by atoms with Gasteiger partial charge in [0.25, 0.3) is 23.3 Å². The molecule has 1 aromatic heterocycles. The van der Waals surface area contributed by atoms with Gasteiger partial charge in [0.15, 0.2) is 5.82 Å². The van der Waals surface area contributed by atoms with Crippen LogP contribution in [0.15, 0.2) is 45.2 Å². The third kappa shape index (κ3) is 10.0. The monoisotopic (exact) mass is 595 g/mol. The number of benzene rings is 1. The molecule has 0 saturated carbocycles. The lowest BCUT2D eigenvalue weighted by atomic mass is 10.1. The molecule has 0 bridgehead atoms. The van der Waals surface area contributed by atoms with E-state index in [1.807, 2.05) is 27.7 Å². The highest BCUT2D eigenvalue weighted by Crippen LogP contribution is 2.15. The number of rotatable bonds is 12. The molecule has 230 valence electrons. The molecule has 3 rings (SSSR count). The summed E-state index contributed by atoms with van der Waals surface area (Å²) in [6.45, 7) is 9.82. The minimum absolute atomic E-state index is 0.0244. The average molecular weight is 596 g/mol. The number of anilines is 2. The number of hydroxylamine groups is 2. The maximum atomic E-state index is 12.6. The van der Waals surface area contributed by atoms with Crippen molar-refractivity contribution in [2.24, 2.45) is 4.99 Å². The number of amides is 3. The second-order valence-corrected chi connectivity index (χ2v) is 9.41. The first kappa shape index (κ1) is 34.1. The number of aromatic nitrogens is 2. The van der Waals surface area contributed by atoms with Crippen LogP contribution in [0.25, 0.3) is 0 Å². The lowest BCUT2D eigenvalue weighted by molar-refractivity contribution is -0.197. The smallest absolute Gasteiger partial charge is 0.333 e. The number of carbonyl (C=O) groups excluding carboxylic acids is 5. The molecule has 14 nitrogen and oxygen atoms in total. The molecule has 14 heteroatoms. The van der Waals surface area contributed by atoms with Crippen LogP contribution in [0.5, 0.6) is 0 Å². The van der Waals surface area contributed by atoms with Crippen LogP contribution in [0.3, 0.4) is 0 Å². The van der Waals surface area contributed by atoms with Crippen molar-refractivity contribution in [3.05, 3.63) is 56.9 Å². The summed E-state index contributed by atoms with van der Waals surface area (Å²) in [6, 6.07) is 5.54. The van der Waals surface area contributed by atoms with Crippen LogP contribution in [0.1, 0.15) is 69.3 Å². The molecule has 3 amide bonds. The standard InChI is InChI=1S/C27H31N7O7.C2H6/c1-15(2)18(13-30-24-16(3)25(39)33-27(28)32-24)12-29-19-6-4-17(5-7-19)26(40)31-20(14-35)8-11-23(38)41-34-21(36)9-10-22(34)37;1-2/h4-7,13-14,20,29H,8-12H2,1-3H3,(H,31,40)(H3,28,32,33,39);1-2H3/b30-13-;. The summed E-state index contributed by atoms with van der Waals surface area (Å²) in [7, 11) is 0. The minimum atomic E-state index is -0.981. The van der Waals surface area contributed by atoms with E-state index < -0.39 is 29.7 Å². The van der Waals surface area contributed by atoms with Gasteiger partial charge in [0, 0.05) is 36.9 Å². The predicted octanol–water partition coefficient (Wildman–Crippen LogP) is 2.52. The Morgan fingerprint density at radius 3 is 2.35 bits per heavy atom. The van der Waals surface area contributed by atoms with Gasteiger partial charge in [0.05, 0.1) is 18.0 Å². The van der Waals surface area contributed by atoms with Crippen molar-refractivity contribution in [2.75, 3.05) is 17.6 Å². The van der Waals surface area contributed by atoms with E-state index in [0.29, 0.717) is 29.1 Å². The van der Waals surface area contributed by atoms with Crippen LogP contribution in [-0.2, 0) is 24.0 Å². The third-order valence-electron chi connectivity index (χ3n) is 6.10. The van der Waals surface area contributed by atoms with Gasteiger partial charge >= 0.3 is 5.97 Å². The molecule has 2 heterocycles. The van der Waals surface area contributed by atoms with E-state index in [1.165, 1.54) is 0 Å². The summed E-state index contributed by atoms with van der Waals surface area (Å²) in [5.41, 5.74) is 8.42. The minimum Gasteiger partial charge on any atom is -0.381 e. The molecule has 43 heavy (non-hydrogen) atoms. The molecule has 1 saturated heterocycles. The van der Waals surface area contributed by atoms with Crippen molar-refractivity contribution in [1.82, 2.24) is 20.3 Å². The summed E-state index contributed by atoms with van der Waals surface area (Å²) >= 11 is 0. The Morgan fingerprint density at radius 2 is 1.77 bits per heavy atom. The second-order valence-electron chi connectivity index (χ2n) is 9.41. The molecule has 0 aliphatic carbocycles. The zero-order valence-corrected chi connectivity index (χ0v) is 24.9. The van der Waals surface area contributed by atoms with Crippen LogP contribution < -0.4 is 21.9 Å². The molecule has 1 aromatic carbocycles. The number of aliphatic imine (C=N–C) groups is 1. The van der Waals surface area contributed by atoms with Crippen LogP contribution in [-0.4, -0.2) is 63.8 Å². The van der Waals surface area contributed by atoms with Crippen molar-refractivity contribution in [3.8, 4) is 0 Å². The van der Waals surface area contributed by atoms with E-state index in [0.717, 1.165) is 11.1 Å². The molecular formula is C29H37N7O7. The van der Waals surface area contributed by atoms with Gasteiger partial charge in [-0.3, -0.25) is 24.2 Å². The number of nitrogens with zero attached hydrogens (tertiary/aromatic N) is 3. The number of carbonyl (C=O) groups is 5. The van der Waals surface area contributed by atoms with Gasteiger partial charge in [0.2, 0.25) is 5.95 Å². The number of nitrogens with two attached hydrogens (primary N) is 1. The van der Waals surface area contributed by atoms with E-state index in [9.17, 15) is 28.8 Å². The summed E-state index contributed by atoms with van der Waals surface area (Å²) in [4.78, 5) is 86.6. The van der Waals surface area contributed by atoms with E-state index in [2.05, 4.69) is 25.6 Å². The number of imide groups is 1. The fraction of sp³-hybridized carbons (Fsp3) is 0.379. The Balaban J connectivity index is 0.00000316. The largest absolute Gasteiger partial charge is 0.381 e. The Hall–Kier alpha value is -5.14. The zero-order chi connectivity index (χ0) is 32.1. The molecule has 1 fully saturated rings. The second kappa shape index (κ2) is 16.3. The predicted molar refractivity (Wildman–Crippen MR) is 161 cm³/mol. The molecule has 2 aromatic rings. The van der Waals surface area contributed by atoms with Crippen molar-refractivity contribution < 1.29 is 28.8 Å². The quantitative estimate of drug-likeness (QED) is 0.160. The topological polar surface area (TPSA) is 206 Å². The summed E-state index contributed by atoms with van der Waals surface area (Å²) in [5, 5.41) is 6.20. The van der Waals surface area contributed by atoms with Gasteiger partial charge < -0.3 is 26.0 Å². The summed E-state index contributed by atoms with van der Waals surface area (Å²) < 4.78 is 0. The van der Waals surface area contributed by atoms with Gasteiger partial charge in [-0.1, -0.05) is 19.4 Å². The Bertz CT molecular complexity index is 1440. The highest BCUT2D eigenvalue weighted by molar-refractivity contribution is 6.01. The van der Waals surface area contributed by atoms with Crippen LogP contribution >= 0.6 is 0 Å².